The number of aromatic amines is 2. The van der Waals surface area contributed by atoms with Crippen LogP contribution in [0.3, 0.4) is 0 Å². The van der Waals surface area contributed by atoms with Crippen LogP contribution in [-0.4, -0.2) is 42.7 Å². The molecule has 0 unspecified atom stereocenters. The van der Waals surface area contributed by atoms with Crippen molar-refractivity contribution in [3.63, 3.8) is 0 Å². The molecule has 0 spiro atoms. The smallest absolute Gasteiger partial charge is 0.251 e. The molecule has 182 valence electrons. The number of carbonyl (C=O) groups excluding carboxylic acids is 2. The van der Waals surface area contributed by atoms with Gasteiger partial charge in [-0.3, -0.25) is 14.6 Å². The lowest BCUT2D eigenvalue weighted by Gasteiger charge is -2.26. The zero-order valence-corrected chi connectivity index (χ0v) is 20.5. The van der Waals surface area contributed by atoms with Gasteiger partial charge in [0.25, 0.3) is 5.91 Å². The van der Waals surface area contributed by atoms with E-state index in [1.807, 2.05) is 57.3 Å². The number of pyridine rings is 1. The molecule has 8 heteroatoms. The average molecular weight is 481 g/mol. The molecule has 0 radical (unpaired) electrons. The molecule has 36 heavy (non-hydrogen) atoms. The second-order valence-corrected chi connectivity index (χ2v) is 10.2. The lowest BCUT2D eigenvalue weighted by atomic mass is 9.86. The molecule has 8 nitrogen and oxygen atoms in total. The Morgan fingerprint density at radius 1 is 1.03 bits per heavy atom. The van der Waals surface area contributed by atoms with E-state index in [1.165, 1.54) is 0 Å². The Labute approximate surface area is 208 Å². The van der Waals surface area contributed by atoms with E-state index in [4.69, 9.17) is 0 Å². The zero-order valence-electron chi connectivity index (χ0n) is 20.5. The lowest BCUT2D eigenvalue weighted by molar-refractivity contribution is -0.121. The number of hydrogen-bond donors (Lipinski definition) is 3. The SMILES string of the molecule is CC(C)(C)C[C@H](NC(=O)c1ccc2nc(-c3cc4ccccc4cn3)[nH]c2c1)C(=O)Cc1ncc[nH]1. The molecule has 0 fully saturated rings. The Kier molecular flexibility index (Phi) is 6.10. The number of aromatic nitrogens is 5. The molecule has 0 aliphatic heterocycles. The first-order chi connectivity index (χ1) is 17.2. The maximum atomic E-state index is 13.2. The number of hydrogen-bond acceptors (Lipinski definition) is 5. The fourth-order valence-corrected chi connectivity index (χ4v) is 4.27. The van der Waals surface area contributed by atoms with Crippen LogP contribution in [-0.2, 0) is 11.2 Å². The summed E-state index contributed by atoms with van der Waals surface area (Å²) in [7, 11) is 0. The molecular formula is C28H28N6O2. The van der Waals surface area contributed by atoms with Gasteiger partial charge in [-0.1, -0.05) is 45.0 Å². The summed E-state index contributed by atoms with van der Waals surface area (Å²) in [5.74, 6) is 0.828. The van der Waals surface area contributed by atoms with Crippen LogP contribution in [0, 0.1) is 5.41 Å². The summed E-state index contributed by atoms with van der Waals surface area (Å²) >= 11 is 0. The van der Waals surface area contributed by atoms with E-state index in [2.05, 4.69) is 30.2 Å². The van der Waals surface area contributed by atoms with Crippen LogP contribution in [0.2, 0.25) is 0 Å². The van der Waals surface area contributed by atoms with E-state index in [-0.39, 0.29) is 23.5 Å². The van der Waals surface area contributed by atoms with Gasteiger partial charge in [-0.25, -0.2) is 9.97 Å². The van der Waals surface area contributed by atoms with Crippen LogP contribution < -0.4 is 5.32 Å². The third-order valence-corrected chi connectivity index (χ3v) is 6.02. The van der Waals surface area contributed by atoms with Crippen LogP contribution >= 0.6 is 0 Å². The molecule has 5 aromatic rings. The maximum absolute atomic E-state index is 13.2. The van der Waals surface area contributed by atoms with Crippen molar-refractivity contribution >= 4 is 33.5 Å². The van der Waals surface area contributed by atoms with Crippen molar-refractivity contribution in [2.24, 2.45) is 5.41 Å². The number of H-pyrrole nitrogens is 2. The Bertz CT molecular complexity index is 1550. The standard InChI is InChI=1S/C28H28N6O2/c1-28(2,3)15-23(24(35)14-25-29-10-11-30-25)34-27(36)18-8-9-20-21(13-18)33-26(32-20)22-12-17-6-4-5-7-19(17)16-31-22/h4-13,16,23H,14-15H2,1-3H3,(H,29,30)(H,32,33)(H,34,36)/t23-/m0/s1. The van der Waals surface area contributed by atoms with E-state index in [9.17, 15) is 9.59 Å². The van der Waals surface area contributed by atoms with Gasteiger partial charge in [-0.2, -0.15) is 0 Å². The summed E-state index contributed by atoms with van der Waals surface area (Å²) < 4.78 is 0. The highest BCUT2D eigenvalue weighted by molar-refractivity contribution is 6.00. The molecule has 0 bridgehead atoms. The molecule has 1 amide bonds. The van der Waals surface area contributed by atoms with Gasteiger partial charge in [-0.15, -0.1) is 0 Å². The minimum Gasteiger partial charge on any atom is -0.348 e. The van der Waals surface area contributed by atoms with Crippen molar-refractivity contribution in [1.29, 1.82) is 0 Å². The monoisotopic (exact) mass is 480 g/mol. The Morgan fingerprint density at radius 3 is 2.58 bits per heavy atom. The molecule has 1 atom stereocenters. The topological polar surface area (TPSA) is 116 Å². The maximum Gasteiger partial charge on any atom is 0.251 e. The molecule has 0 saturated carbocycles. The first kappa shape index (κ1) is 23.4. The van der Waals surface area contributed by atoms with Crippen LogP contribution in [0.4, 0.5) is 0 Å². The third-order valence-electron chi connectivity index (χ3n) is 6.02. The van der Waals surface area contributed by atoms with Crippen molar-refractivity contribution in [2.45, 2.75) is 39.7 Å². The Balaban J connectivity index is 1.38. The highest BCUT2D eigenvalue weighted by atomic mass is 16.2. The highest BCUT2D eigenvalue weighted by Gasteiger charge is 2.27. The Morgan fingerprint density at radius 2 is 1.83 bits per heavy atom. The van der Waals surface area contributed by atoms with Crippen molar-refractivity contribution < 1.29 is 9.59 Å². The van der Waals surface area contributed by atoms with Gasteiger partial charge < -0.3 is 15.3 Å². The fourth-order valence-electron chi connectivity index (χ4n) is 4.27. The van der Waals surface area contributed by atoms with E-state index in [0.717, 1.165) is 27.5 Å². The quantitative estimate of drug-likeness (QED) is 0.308. The number of nitrogens with zero attached hydrogens (tertiary/aromatic N) is 3. The first-order valence-electron chi connectivity index (χ1n) is 11.9. The van der Waals surface area contributed by atoms with E-state index in [0.29, 0.717) is 23.6 Å². The first-order valence-corrected chi connectivity index (χ1v) is 11.9. The second kappa shape index (κ2) is 9.37. The fraction of sp³-hybridized carbons (Fsp3) is 0.250. The number of imidazole rings is 2. The van der Waals surface area contributed by atoms with Gasteiger partial charge in [-0.05, 0) is 41.5 Å². The number of amides is 1. The normalized spacial score (nSPS) is 12.6. The van der Waals surface area contributed by atoms with Gasteiger partial charge in [0.05, 0.1) is 23.5 Å². The molecule has 2 aromatic carbocycles. The number of carbonyl (C=O) groups is 2. The number of benzene rings is 2. The summed E-state index contributed by atoms with van der Waals surface area (Å²) in [5.41, 5.74) is 2.49. The highest BCUT2D eigenvalue weighted by Crippen LogP contribution is 2.24. The number of Topliss-reactive ketones (excluding diaryl/α,β-unsaturated/α-hetero) is 1. The van der Waals surface area contributed by atoms with E-state index < -0.39 is 6.04 Å². The van der Waals surface area contributed by atoms with E-state index >= 15 is 0 Å². The Hall–Kier alpha value is -4.33. The number of nitrogens with one attached hydrogen (secondary N) is 3. The second-order valence-electron chi connectivity index (χ2n) is 10.2. The molecule has 0 aliphatic rings. The van der Waals surface area contributed by atoms with Gasteiger partial charge in [0, 0.05) is 29.5 Å². The average Bonchev–Trinajstić information content (AvgIpc) is 3.51. The molecule has 0 saturated heterocycles. The molecular weight excluding hydrogens is 452 g/mol. The van der Waals surface area contributed by atoms with Crippen LogP contribution in [0.5, 0.6) is 0 Å². The minimum atomic E-state index is -0.627. The van der Waals surface area contributed by atoms with Crippen LogP contribution in [0.15, 0.2) is 67.1 Å². The van der Waals surface area contributed by atoms with Gasteiger partial charge in [0.2, 0.25) is 0 Å². The van der Waals surface area contributed by atoms with Crippen LogP contribution in [0.25, 0.3) is 33.3 Å². The van der Waals surface area contributed by atoms with Gasteiger partial charge in [0.15, 0.2) is 11.6 Å². The summed E-state index contributed by atoms with van der Waals surface area (Å²) in [6, 6.07) is 14.7. The number of fused-ring (bicyclic) bond motifs is 2. The molecule has 3 N–H and O–H groups in total. The number of rotatable bonds is 7. The zero-order chi connectivity index (χ0) is 25.3. The molecule has 5 rings (SSSR count). The molecule has 3 aromatic heterocycles. The lowest BCUT2D eigenvalue weighted by Crippen LogP contribution is -2.44. The van der Waals surface area contributed by atoms with Crippen molar-refractivity contribution in [1.82, 2.24) is 30.2 Å². The summed E-state index contributed by atoms with van der Waals surface area (Å²) in [4.78, 5) is 45.8. The third kappa shape index (κ3) is 5.17. The number of ketones is 1. The summed E-state index contributed by atoms with van der Waals surface area (Å²) in [6.07, 6.45) is 5.77. The van der Waals surface area contributed by atoms with Crippen LogP contribution in [0.1, 0.15) is 43.4 Å². The van der Waals surface area contributed by atoms with Gasteiger partial charge in [0.1, 0.15) is 11.5 Å². The van der Waals surface area contributed by atoms with Crippen molar-refractivity contribution in [2.75, 3.05) is 0 Å². The molecule has 3 heterocycles. The predicted molar refractivity (Wildman–Crippen MR) is 139 cm³/mol. The van der Waals surface area contributed by atoms with E-state index in [1.54, 1.807) is 30.6 Å². The predicted octanol–water partition coefficient (Wildman–Crippen LogP) is 4.85. The summed E-state index contributed by atoms with van der Waals surface area (Å²) in [6.45, 7) is 6.14. The largest absolute Gasteiger partial charge is 0.348 e. The van der Waals surface area contributed by atoms with Gasteiger partial charge >= 0.3 is 0 Å². The minimum absolute atomic E-state index is 0.0829. The van der Waals surface area contributed by atoms with Crippen molar-refractivity contribution in [3.8, 4) is 11.5 Å². The van der Waals surface area contributed by atoms with Crippen molar-refractivity contribution in [3.05, 3.63) is 78.5 Å². The molecule has 0 aliphatic carbocycles. The summed E-state index contributed by atoms with van der Waals surface area (Å²) in [5, 5.41) is 5.08.